The van der Waals surface area contributed by atoms with Crippen LogP contribution in [0, 0.1) is 0 Å². The van der Waals surface area contributed by atoms with Gasteiger partial charge in [0.15, 0.2) is 18.2 Å². The van der Waals surface area contributed by atoms with Gasteiger partial charge in [0, 0.05) is 23.8 Å². The van der Waals surface area contributed by atoms with Crippen LogP contribution in [0.2, 0.25) is 18.1 Å². The number of hydrogen-bond acceptors (Lipinski definition) is 6. The van der Waals surface area contributed by atoms with Crippen LogP contribution < -0.4 is 5.32 Å². The van der Waals surface area contributed by atoms with Gasteiger partial charge in [-0.15, -0.1) is 0 Å². The molecule has 310 valence electrons. The minimum Gasteiger partial charge on any atom is -0.465 e. The van der Waals surface area contributed by atoms with Crippen LogP contribution in [-0.4, -0.2) is 68.6 Å². The maximum atomic E-state index is 14.5. The fourth-order valence-corrected chi connectivity index (χ4v) is 9.96. The zero-order chi connectivity index (χ0) is 43.0. The zero-order valence-corrected chi connectivity index (χ0v) is 34.1. The van der Waals surface area contributed by atoms with Gasteiger partial charge < -0.3 is 20.0 Å². The molecule has 1 aliphatic carbocycles. The summed E-state index contributed by atoms with van der Waals surface area (Å²) in [7, 11) is -6.38. The number of nitrogens with one attached hydrogen (secondary N) is 1. The number of halogens is 6. The number of nitrogens with zero attached hydrogens (tertiary/aromatic N) is 1. The standard InChI is InChI=1S/C41H42F6N2O7SSi/c1-37(2,3)58(5,6)56-21-22-57(54,55)26-19-20-32-31(23-26)34(33-29-13-9-7-11-27(29)28-12-8-10-14-30(28)33)49(36(51)52)38(32,4)35(50)48-25-17-15-24(16-18-25)39(53,40(42,43)44)41(45,46)47/h7-20,23,33-34,53H,21-22H2,1-6H3,(H,48,50)(H,51,52). The quantitative estimate of drug-likeness (QED) is 0.113. The van der Waals surface area contributed by atoms with Crippen molar-refractivity contribution in [1.29, 1.82) is 0 Å². The average molecular weight is 849 g/mol. The highest BCUT2D eigenvalue weighted by molar-refractivity contribution is 7.91. The predicted octanol–water partition coefficient (Wildman–Crippen LogP) is 9.50. The van der Waals surface area contributed by atoms with E-state index in [-0.39, 0.29) is 39.1 Å². The molecule has 0 bridgehead atoms. The highest BCUT2D eigenvalue weighted by atomic mass is 32.2. The van der Waals surface area contributed by atoms with Crippen molar-refractivity contribution in [1.82, 2.24) is 4.90 Å². The molecule has 0 fully saturated rings. The molecule has 0 aromatic heterocycles. The summed E-state index contributed by atoms with van der Waals surface area (Å²) in [5, 5.41) is 23.1. The molecule has 0 saturated carbocycles. The lowest BCUT2D eigenvalue weighted by molar-refractivity contribution is -0.376. The Kier molecular flexibility index (Phi) is 10.5. The molecular weight excluding hydrogens is 807 g/mol. The number of anilines is 1. The van der Waals surface area contributed by atoms with Crippen LogP contribution in [-0.2, 0) is 30.2 Å². The van der Waals surface area contributed by atoms with E-state index >= 15 is 0 Å². The summed E-state index contributed by atoms with van der Waals surface area (Å²) in [5.74, 6) is -2.17. The van der Waals surface area contributed by atoms with E-state index in [0.29, 0.717) is 23.3 Å². The van der Waals surface area contributed by atoms with Gasteiger partial charge in [-0.05, 0) is 82.7 Å². The summed E-state index contributed by atoms with van der Waals surface area (Å²) in [5.41, 5.74) is -5.87. The van der Waals surface area contributed by atoms with Crippen LogP contribution in [0.5, 0.6) is 0 Å². The number of rotatable bonds is 9. The van der Waals surface area contributed by atoms with E-state index in [0.717, 1.165) is 28.2 Å². The lowest BCUT2D eigenvalue weighted by Gasteiger charge is -2.38. The molecule has 0 spiro atoms. The maximum absolute atomic E-state index is 14.5. The molecule has 4 aromatic carbocycles. The maximum Gasteiger partial charge on any atom is 0.430 e. The van der Waals surface area contributed by atoms with Crippen molar-refractivity contribution >= 4 is 35.8 Å². The smallest absolute Gasteiger partial charge is 0.430 e. The highest BCUT2D eigenvalue weighted by Gasteiger charge is 2.71. The molecule has 1 heterocycles. The van der Waals surface area contributed by atoms with Crippen molar-refractivity contribution in [3.05, 3.63) is 119 Å². The van der Waals surface area contributed by atoms with Gasteiger partial charge in [-0.25, -0.2) is 13.2 Å². The van der Waals surface area contributed by atoms with Crippen molar-refractivity contribution in [3.63, 3.8) is 0 Å². The molecule has 2 amide bonds. The Morgan fingerprint density at radius 3 is 1.83 bits per heavy atom. The van der Waals surface area contributed by atoms with Crippen molar-refractivity contribution in [2.75, 3.05) is 17.7 Å². The monoisotopic (exact) mass is 848 g/mol. The van der Waals surface area contributed by atoms with Crippen molar-refractivity contribution in [3.8, 4) is 11.1 Å². The van der Waals surface area contributed by atoms with E-state index in [4.69, 9.17) is 4.43 Å². The Morgan fingerprint density at radius 2 is 1.34 bits per heavy atom. The number of alkyl halides is 6. The predicted molar refractivity (Wildman–Crippen MR) is 206 cm³/mol. The first-order valence-electron chi connectivity index (χ1n) is 18.2. The van der Waals surface area contributed by atoms with Crippen molar-refractivity contribution < 1.29 is 59.0 Å². The van der Waals surface area contributed by atoms with E-state index in [1.54, 1.807) is 12.1 Å². The zero-order valence-electron chi connectivity index (χ0n) is 32.3. The molecule has 2 unspecified atom stereocenters. The molecule has 9 nitrogen and oxygen atoms in total. The molecule has 17 heteroatoms. The lowest BCUT2D eigenvalue weighted by Crippen LogP contribution is -2.54. The number of carbonyl (C=O) groups is 2. The van der Waals surface area contributed by atoms with E-state index in [1.165, 1.54) is 25.1 Å². The van der Waals surface area contributed by atoms with Crippen LogP contribution in [0.4, 0.5) is 36.8 Å². The molecular formula is C41H42F6N2O7SSi. The third-order valence-corrected chi connectivity index (χ3v) is 18.0. The molecule has 1 aliphatic heterocycles. The molecule has 2 aliphatic rings. The third kappa shape index (κ3) is 6.88. The molecule has 0 radical (unpaired) electrons. The molecule has 0 saturated heterocycles. The number of carboxylic acid groups (broad SMARTS) is 1. The third-order valence-electron chi connectivity index (χ3n) is 11.8. The van der Waals surface area contributed by atoms with Gasteiger partial charge in [0.25, 0.3) is 11.5 Å². The molecule has 58 heavy (non-hydrogen) atoms. The van der Waals surface area contributed by atoms with Crippen molar-refractivity contribution in [2.45, 2.75) is 86.2 Å². The number of amides is 2. The SMILES string of the molecule is CC1(C(=O)Nc2ccc(C(O)(C(F)(F)F)C(F)(F)F)cc2)c2ccc(S(=O)(=O)CCO[Si](C)(C)C(C)(C)C)cc2C(C2c3ccccc3-c3ccccc32)N1C(=O)O. The summed E-state index contributed by atoms with van der Waals surface area (Å²) in [4.78, 5) is 28.8. The normalized spacial score (nSPS) is 18.8. The summed E-state index contributed by atoms with van der Waals surface area (Å²) >= 11 is 0. The van der Waals surface area contributed by atoms with Crippen LogP contribution in [0.25, 0.3) is 11.1 Å². The van der Waals surface area contributed by atoms with Gasteiger partial charge in [0.2, 0.25) is 0 Å². The minimum absolute atomic E-state index is 0.0911. The van der Waals surface area contributed by atoms with E-state index in [1.807, 2.05) is 70.3 Å². The molecule has 3 N–H and O–H groups in total. The van der Waals surface area contributed by atoms with E-state index in [9.17, 15) is 54.6 Å². The Labute approximate surface area is 332 Å². The second-order valence-corrected chi connectivity index (χ2v) is 23.2. The number of aliphatic hydroxyl groups is 1. The first-order valence-corrected chi connectivity index (χ1v) is 22.7. The fourth-order valence-electron chi connectivity index (χ4n) is 7.65. The number of fused-ring (bicyclic) bond motifs is 4. The van der Waals surface area contributed by atoms with Crippen LogP contribution in [0.1, 0.15) is 67.5 Å². The average Bonchev–Trinajstić information content (AvgIpc) is 3.59. The number of sulfone groups is 1. The van der Waals surface area contributed by atoms with Crippen LogP contribution in [0.3, 0.4) is 0 Å². The van der Waals surface area contributed by atoms with E-state index in [2.05, 4.69) is 5.32 Å². The summed E-state index contributed by atoms with van der Waals surface area (Å²) in [6, 6.07) is 19.5. The second-order valence-electron chi connectivity index (χ2n) is 16.2. The number of hydrogen-bond donors (Lipinski definition) is 3. The molecule has 6 rings (SSSR count). The Hall–Kier alpha value is -4.71. The first kappa shape index (κ1) is 42.9. The van der Waals surface area contributed by atoms with Gasteiger partial charge in [0.05, 0.1) is 16.7 Å². The van der Waals surface area contributed by atoms with Gasteiger partial charge >= 0.3 is 18.4 Å². The topological polar surface area (TPSA) is 133 Å². The Bertz CT molecular complexity index is 2320. The lowest BCUT2D eigenvalue weighted by atomic mass is 9.85. The van der Waals surface area contributed by atoms with Gasteiger partial charge in [0.1, 0.15) is 5.54 Å². The van der Waals surface area contributed by atoms with Gasteiger partial charge in [-0.2, -0.15) is 26.3 Å². The summed E-state index contributed by atoms with van der Waals surface area (Å²) in [6.45, 7) is 11.2. The van der Waals surface area contributed by atoms with Gasteiger partial charge in [-0.3, -0.25) is 9.69 Å². The van der Waals surface area contributed by atoms with Crippen LogP contribution in [0.15, 0.2) is 95.9 Å². The number of benzene rings is 4. The Morgan fingerprint density at radius 1 is 0.828 bits per heavy atom. The van der Waals surface area contributed by atoms with Crippen molar-refractivity contribution in [2.24, 2.45) is 0 Å². The van der Waals surface area contributed by atoms with Gasteiger partial charge in [-0.1, -0.05) is 87.5 Å². The summed E-state index contributed by atoms with van der Waals surface area (Å²) in [6.07, 6.45) is -13.9. The number of carbonyl (C=O) groups excluding carboxylic acids is 1. The summed E-state index contributed by atoms with van der Waals surface area (Å²) < 4.78 is 115. The second kappa shape index (κ2) is 14.2. The van der Waals surface area contributed by atoms with Crippen LogP contribution >= 0.6 is 0 Å². The Balaban J connectivity index is 1.46. The largest absolute Gasteiger partial charge is 0.465 e. The molecule has 4 aromatic rings. The van der Waals surface area contributed by atoms with E-state index < -0.39 is 71.2 Å². The first-order chi connectivity index (χ1) is 26.7. The highest BCUT2D eigenvalue weighted by Crippen LogP contribution is 2.59. The fraction of sp³-hybridized carbons (Fsp3) is 0.366. The molecule has 2 atom stereocenters. The minimum atomic E-state index is -6.14.